The molecule has 0 amide bonds. The van der Waals surface area contributed by atoms with Crippen molar-refractivity contribution >= 4 is 15.9 Å². The van der Waals surface area contributed by atoms with Crippen LogP contribution < -0.4 is 5.32 Å². The lowest BCUT2D eigenvalue weighted by Crippen LogP contribution is -2.18. The Kier molecular flexibility index (Phi) is 3.64. The molecule has 1 aromatic heterocycles. The Bertz CT molecular complexity index is 499. The van der Waals surface area contributed by atoms with Crippen LogP contribution in [-0.4, -0.2) is 16.8 Å². The summed E-state index contributed by atoms with van der Waals surface area (Å²) in [6.45, 7) is 2.10. The molecule has 2 rings (SSSR count). The summed E-state index contributed by atoms with van der Waals surface area (Å²) in [5.41, 5.74) is 3.50. The molecule has 1 unspecified atom stereocenters. The summed E-state index contributed by atoms with van der Waals surface area (Å²) in [6, 6.07) is 8.59. The molecule has 2 aromatic rings. The maximum absolute atomic E-state index is 4.46. The van der Waals surface area contributed by atoms with E-state index in [9.17, 15) is 0 Å². The SMILES string of the molecule is CNC(c1cc(C)cc(Br)c1)c1ccn(C)n1. The van der Waals surface area contributed by atoms with Gasteiger partial charge in [0.25, 0.3) is 0 Å². The molecule has 1 atom stereocenters. The van der Waals surface area contributed by atoms with Crippen molar-refractivity contribution in [1.82, 2.24) is 15.1 Å². The van der Waals surface area contributed by atoms with Crippen LogP contribution in [0.15, 0.2) is 34.9 Å². The molecule has 0 saturated carbocycles. The highest BCUT2D eigenvalue weighted by Crippen LogP contribution is 2.24. The number of halogens is 1. The molecule has 4 heteroatoms. The molecule has 17 heavy (non-hydrogen) atoms. The van der Waals surface area contributed by atoms with Crippen LogP contribution in [0.25, 0.3) is 0 Å². The van der Waals surface area contributed by atoms with E-state index in [1.807, 2.05) is 31.0 Å². The molecule has 0 spiro atoms. The molecular weight excluding hydrogens is 278 g/mol. The van der Waals surface area contributed by atoms with Gasteiger partial charge in [-0.15, -0.1) is 0 Å². The number of hydrogen-bond acceptors (Lipinski definition) is 2. The summed E-state index contributed by atoms with van der Waals surface area (Å²) in [5, 5.41) is 7.76. The fraction of sp³-hybridized carbons (Fsp3) is 0.308. The molecule has 1 aromatic carbocycles. The van der Waals surface area contributed by atoms with Crippen molar-refractivity contribution in [2.75, 3.05) is 7.05 Å². The summed E-state index contributed by atoms with van der Waals surface area (Å²) >= 11 is 3.53. The van der Waals surface area contributed by atoms with E-state index in [1.54, 1.807) is 0 Å². The van der Waals surface area contributed by atoms with Gasteiger partial charge in [-0.05, 0) is 43.3 Å². The number of aryl methyl sites for hydroxylation is 2. The van der Waals surface area contributed by atoms with E-state index in [2.05, 4.69) is 51.5 Å². The number of rotatable bonds is 3. The molecule has 0 saturated heterocycles. The second-order valence-corrected chi connectivity index (χ2v) is 5.11. The van der Waals surface area contributed by atoms with E-state index in [0.717, 1.165) is 10.2 Å². The van der Waals surface area contributed by atoms with E-state index >= 15 is 0 Å². The minimum absolute atomic E-state index is 0.132. The van der Waals surface area contributed by atoms with Crippen LogP contribution in [0, 0.1) is 6.92 Å². The third kappa shape index (κ3) is 2.76. The van der Waals surface area contributed by atoms with Gasteiger partial charge in [-0.1, -0.05) is 22.0 Å². The second kappa shape index (κ2) is 5.02. The van der Waals surface area contributed by atoms with Crippen LogP contribution in [-0.2, 0) is 7.05 Å². The van der Waals surface area contributed by atoms with Gasteiger partial charge in [0.2, 0.25) is 0 Å². The lowest BCUT2D eigenvalue weighted by atomic mass is 10.0. The zero-order valence-corrected chi connectivity index (χ0v) is 11.8. The summed E-state index contributed by atoms with van der Waals surface area (Å²) in [6.07, 6.45) is 1.96. The quantitative estimate of drug-likeness (QED) is 0.943. The topological polar surface area (TPSA) is 29.9 Å². The van der Waals surface area contributed by atoms with Gasteiger partial charge in [0.05, 0.1) is 11.7 Å². The van der Waals surface area contributed by atoms with E-state index in [4.69, 9.17) is 0 Å². The van der Waals surface area contributed by atoms with Crippen LogP contribution in [0.5, 0.6) is 0 Å². The molecule has 0 aliphatic rings. The Labute approximate surface area is 110 Å². The average molecular weight is 294 g/mol. The van der Waals surface area contributed by atoms with Crippen molar-refractivity contribution < 1.29 is 0 Å². The Balaban J connectivity index is 2.41. The number of aromatic nitrogens is 2. The predicted octanol–water partition coefficient (Wildman–Crippen LogP) is 2.80. The first-order chi connectivity index (χ1) is 8.10. The number of nitrogens with zero attached hydrogens (tertiary/aromatic N) is 2. The average Bonchev–Trinajstić information content (AvgIpc) is 2.64. The molecule has 0 aliphatic heterocycles. The van der Waals surface area contributed by atoms with Crippen LogP contribution >= 0.6 is 15.9 Å². The minimum atomic E-state index is 0.132. The molecular formula is C13H16BrN3. The molecule has 1 N–H and O–H groups in total. The van der Waals surface area contributed by atoms with Gasteiger partial charge in [-0.25, -0.2) is 0 Å². The van der Waals surface area contributed by atoms with Gasteiger partial charge >= 0.3 is 0 Å². The molecule has 0 radical (unpaired) electrons. The van der Waals surface area contributed by atoms with Crippen molar-refractivity contribution in [3.8, 4) is 0 Å². The van der Waals surface area contributed by atoms with E-state index < -0.39 is 0 Å². The van der Waals surface area contributed by atoms with Crippen molar-refractivity contribution in [3.05, 3.63) is 51.8 Å². The van der Waals surface area contributed by atoms with Crippen molar-refractivity contribution in [2.45, 2.75) is 13.0 Å². The third-order valence-electron chi connectivity index (χ3n) is 2.72. The summed E-state index contributed by atoms with van der Waals surface area (Å²) < 4.78 is 2.92. The van der Waals surface area contributed by atoms with Gasteiger partial charge < -0.3 is 5.32 Å². The Morgan fingerprint density at radius 3 is 2.65 bits per heavy atom. The van der Waals surface area contributed by atoms with E-state index in [0.29, 0.717) is 0 Å². The van der Waals surface area contributed by atoms with Crippen molar-refractivity contribution in [3.63, 3.8) is 0 Å². The highest BCUT2D eigenvalue weighted by atomic mass is 79.9. The maximum atomic E-state index is 4.46. The Hall–Kier alpha value is -1.13. The first-order valence-electron chi connectivity index (χ1n) is 5.54. The molecule has 0 aliphatic carbocycles. The molecule has 1 heterocycles. The van der Waals surface area contributed by atoms with E-state index in [-0.39, 0.29) is 6.04 Å². The minimum Gasteiger partial charge on any atom is -0.308 e. The first kappa shape index (κ1) is 12.3. The number of nitrogens with one attached hydrogen (secondary N) is 1. The van der Waals surface area contributed by atoms with Gasteiger partial charge in [0.15, 0.2) is 0 Å². The maximum Gasteiger partial charge on any atom is 0.0839 e. The van der Waals surface area contributed by atoms with Gasteiger partial charge in [-0.2, -0.15) is 5.10 Å². The predicted molar refractivity (Wildman–Crippen MR) is 73.0 cm³/mol. The summed E-state index contributed by atoms with van der Waals surface area (Å²) in [7, 11) is 3.89. The molecule has 90 valence electrons. The lowest BCUT2D eigenvalue weighted by molar-refractivity contribution is 0.641. The highest BCUT2D eigenvalue weighted by molar-refractivity contribution is 9.10. The summed E-state index contributed by atoms with van der Waals surface area (Å²) in [5.74, 6) is 0. The monoisotopic (exact) mass is 293 g/mol. The van der Waals surface area contributed by atoms with Crippen LogP contribution in [0.3, 0.4) is 0 Å². The van der Waals surface area contributed by atoms with Gasteiger partial charge in [0, 0.05) is 17.7 Å². The van der Waals surface area contributed by atoms with Crippen LogP contribution in [0.2, 0.25) is 0 Å². The fourth-order valence-corrected chi connectivity index (χ4v) is 2.63. The van der Waals surface area contributed by atoms with Crippen LogP contribution in [0.4, 0.5) is 0 Å². The third-order valence-corrected chi connectivity index (χ3v) is 3.17. The van der Waals surface area contributed by atoms with Crippen LogP contribution in [0.1, 0.15) is 22.9 Å². The zero-order valence-electron chi connectivity index (χ0n) is 10.2. The molecule has 0 bridgehead atoms. The lowest BCUT2D eigenvalue weighted by Gasteiger charge is -2.15. The highest BCUT2D eigenvalue weighted by Gasteiger charge is 2.15. The molecule has 3 nitrogen and oxygen atoms in total. The standard InChI is InChI=1S/C13H16BrN3/c1-9-6-10(8-11(14)7-9)13(15-2)12-4-5-17(3)16-12/h4-8,13,15H,1-3H3. The Morgan fingerprint density at radius 2 is 2.12 bits per heavy atom. The normalized spacial score (nSPS) is 12.7. The zero-order chi connectivity index (χ0) is 12.4. The van der Waals surface area contributed by atoms with Gasteiger partial charge in [0.1, 0.15) is 0 Å². The molecule has 0 fully saturated rings. The second-order valence-electron chi connectivity index (χ2n) is 4.20. The van der Waals surface area contributed by atoms with Crippen molar-refractivity contribution in [1.29, 1.82) is 0 Å². The number of hydrogen-bond donors (Lipinski definition) is 1. The Morgan fingerprint density at radius 1 is 1.35 bits per heavy atom. The fourth-order valence-electron chi connectivity index (χ4n) is 2.00. The smallest absolute Gasteiger partial charge is 0.0839 e. The van der Waals surface area contributed by atoms with Gasteiger partial charge in [-0.3, -0.25) is 4.68 Å². The number of benzene rings is 1. The van der Waals surface area contributed by atoms with E-state index in [1.165, 1.54) is 11.1 Å². The largest absolute Gasteiger partial charge is 0.308 e. The summed E-state index contributed by atoms with van der Waals surface area (Å²) in [4.78, 5) is 0. The van der Waals surface area contributed by atoms with Crippen molar-refractivity contribution in [2.24, 2.45) is 7.05 Å². The first-order valence-corrected chi connectivity index (χ1v) is 6.33.